The predicted molar refractivity (Wildman–Crippen MR) is 105 cm³/mol. The lowest BCUT2D eigenvalue weighted by atomic mass is 9.78. The van der Waals surface area contributed by atoms with Gasteiger partial charge >= 0.3 is 0 Å². The first-order valence-corrected chi connectivity index (χ1v) is 9.69. The van der Waals surface area contributed by atoms with Crippen LogP contribution in [-0.4, -0.2) is 53.8 Å². The highest BCUT2D eigenvalue weighted by molar-refractivity contribution is 5.33. The van der Waals surface area contributed by atoms with Crippen molar-refractivity contribution in [2.45, 2.75) is 31.9 Å². The van der Waals surface area contributed by atoms with Gasteiger partial charge in [-0.3, -0.25) is 4.90 Å². The summed E-state index contributed by atoms with van der Waals surface area (Å²) in [4.78, 5) is 11.1. The molecule has 1 aromatic heterocycles. The van der Waals surface area contributed by atoms with Gasteiger partial charge in [-0.25, -0.2) is 9.97 Å². The number of para-hydroxylation sites is 1. The van der Waals surface area contributed by atoms with Gasteiger partial charge in [0.15, 0.2) is 0 Å². The summed E-state index contributed by atoms with van der Waals surface area (Å²) in [6, 6.07) is 8.25. The van der Waals surface area contributed by atoms with Crippen molar-refractivity contribution in [3.05, 3.63) is 47.8 Å². The number of anilines is 1. The molecular weight excluding hydrogens is 340 g/mol. The van der Waals surface area contributed by atoms with Gasteiger partial charge in [-0.15, -0.1) is 0 Å². The SMILES string of the molecule is COc1ccccc1CN1CC2(C1)OCCC2CCNc1ncc(C)cn1. The Morgan fingerprint density at radius 2 is 2.04 bits per heavy atom. The summed E-state index contributed by atoms with van der Waals surface area (Å²) in [5.41, 5.74) is 2.34. The molecule has 6 heteroatoms. The van der Waals surface area contributed by atoms with E-state index in [1.807, 2.05) is 31.5 Å². The molecule has 4 rings (SSSR count). The van der Waals surface area contributed by atoms with Crippen molar-refractivity contribution in [1.29, 1.82) is 0 Å². The van der Waals surface area contributed by atoms with E-state index in [1.54, 1.807) is 7.11 Å². The van der Waals surface area contributed by atoms with E-state index in [0.29, 0.717) is 11.9 Å². The van der Waals surface area contributed by atoms with Crippen LogP contribution >= 0.6 is 0 Å². The van der Waals surface area contributed by atoms with Crippen molar-refractivity contribution in [3.63, 3.8) is 0 Å². The minimum Gasteiger partial charge on any atom is -0.496 e. The van der Waals surface area contributed by atoms with Crippen LogP contribution in [0.5, 0.6) is 5.75 Å². The summed E-state index contributed by atoms with van der Waals surface area (Å²) in [6.07, 6.45) is 5.91. The third kappa shape index (κ3) is 3.92. The summed E-state index contributed by atoms with van der Waals surface area (Å²) < 4.78 is 11.7. The van der Waals surface area contributed by atoms with Gasteiger partial charge in [0.05, 0.1) is 12.7 Å². The number of likely N-dealkylation sites (tertiary alicyclic amines) is 1. The minimum atomic E-state index is 0.0256. The number of aromatic nitrogens is 2. The van der Waals surface area contributed by atoms with Gasteiger partial charge in [0.25, 0.3) is 0 Å². The molecule has 3 heterocycles. The lowest BCUT2D eigenvalue weighted by molar-refractivity contribution is -0.136. The maximum absolute atomic E-state index is 6.20. The maximum atomic E-state index is 6.20. The molecule has 2 fully saturated rings. The molecule has 1 spiro atoms. The van der Waals surface area contributed by atoms with E-state index < -0.39 is 0 Å². The molecule has 2 aliphatic rings. The summed E-state index contributed by atoms with van der Waals surface area (Å²) >= 11 is 0. The van der Waals surface area contributed by atoms with E-state index in [-0.39, 0.29) is 5.60 Å². The van der Waals surface area contributed by atoms with Crippen molar-refractivity contribution in [2.75, 3.05) is 38.7 Å². The Balaban J connectivity index is 1.28. The van der Waals surface area contributed by atoms with E-state index in [1.165, 1.54) is 5.56 Å². The fourth-order valence-corrected chi connectivity index (χ4v) is 4.28. The third-order valence-corrected chi connectivity index (χ3v) is 5.73. The van der Waals surface area contributed by atoms with Crippen LogP contribution in [0.4, 0.5) is 5.95 Å². The van der Waals surface area contributed by atoms with Crippen molar-refractivity contribution in [1.82, 2.24) is 14.9 Å². The third-order valence-electron chi connectivity index (χ3n) is 5.73. The molecular formula is C21H28N4O2. The van der Waals surface area contributed by atoms with E-state index in [0.717, 1.165) is 56.9 Å². The Labute approximate surface area is 160 Å². The molecule has 27 heavy (non-hydrogen) atoms. The highest BCUT2D eigenvalue weighted by atomic mass is 16.5. The first-order valence-electron chi connectivity index (χ1n) is 9.69. The number of benzene rings is 1. The zero-order valence-corrected chi connectivity index (χ0v) is 16.1. The summed E-state index contributed by atoms with van der Waals surface area (Å²) in [5.74, 6) is 2.26. The van der Waals surface area contributed by atoms with Crippen molar-refractivity contribution < 1.29 is 9.47 Å². The Morgan fingerprint density at radius 3 is 2.81 bits per heavy atom. The fourth-order valence-electron chi connectivity index (χ4n) is 4.28. The second-order valence-corrected chi connectivity index (χ2v) is 7.66. The average molecular weight is 368 g/mol. The van der Waals surface area contributed by atoms with Crippen LogP contribution in [0.15, 0.2) is 36.7 Å². The van der Waals surface area contributed by atoms with E-state index in [2.05, 4.69) is 32.3 Å². The topological polar surface area (TPSA) is 59.5 Å². The second kappa shape index (κ2) is 7.82. The first-order chi connectivity index (χ1) is 13.2. The van der Waals surface area contributed by atoms with Crippen LogP contribution in [0.3, 0.4) is 0 Å². The molecule has 0 radical (unpaired) electrons. The van der Waals surface area contributed by atoms with E-state index >= 15 is 0 Å². The molecule has 2 saturated heterocycles. The molecule has 0 amide bonds. The maximum Gasteiger partial charge on any atom is 0.222 e. The number of hydrogen-bond acceptors (Lipinski definition) is 6. The summed E-state index contributed by atoms with van der Waals surface area (Å²) in [7, 11) is 1.73. The van der Waals surface area contributed by atoms with Crippen molar-refractivity contribution >= 4 is 5.95 Å². The number of rotatable bonds is 7. The van der Waals surface area contributed by atoms with Crippen LogP contribution in [0.1, 0.15) is 24.0 Å². The number of nitrogens with one attached hydrogen (secondary N) is 1. The van der Waals surface area contributed by atoms with Crippen LogP contribution in [0, 0.1) is 12.8 Å². The lowest BCUT2D eigenvalue weighted by Gasteiger charge is -2.50. The Morgan fingerprint density at radius 1 is 1.26 bits per heavy atom. The van der Waals surface area contributed by atoms with Gasteiger partial charge in [-0.1, -0.05) is 18.2 Å². The largest absolute Gasteiger partial charge is 0.496 e. The monoisotopic (exact) mass is 368 g/mol. The number of methoxy groups -OCH3 is 1. The number of aryl methyl sites for hydroxylation is 1. The normalized spacial score (nSPS) is 21.2. The van der Waals surface area contributed by atoms with Crippen LogP contribution in [-0.2, 0) is 11.3 Å². The fraction of sp³-hybridized carbons (Fsp3) is 0.524. The standard InChI is InChI=1S/C21H28N4O2/c1-16-11-23-20(24-12-16)22-9-7-18-8-10-27-21(18)14-25(15-21)13-17-5-3-4-6-19(17)26-2/h3-6,11-12,18H,7-10,13-15H2,1-2H3,(H,22,23,24). The van der Waals surface area contributed by atoms with Gasteiger partial charge < -0.3 is 14.8 Å². The number of ether oxygens (including phenoxy) is 2. The van der Waals surface area contributed by atoms with Crippen molar-refractivity contribution in [3.8, 4) is 5.75 Å². The van der Waals surface area contributed by atoms with Gasteiger partial charge in [0.2, 0.25) is 5.95 Å². The minimum absolute atomic E-state index is 0.0256. The number of hydrogen-bond donors (Lipinski definition) is 1. The van der Waals surface area contributed by atoms with Crippen LogP contribution in [0.2, 0.25) is 0 Å². The zero-order valence-electron chi connectivity index (χ0n) is 16.1. The van der Waals surface area contributed by atoms with Crippen LogP contribution < -0.4 is 10.1 Å². The van der Waals surface area contributed by atoms with Crippen molar-refractivity contribution in [2.24, 2.45) is 5.92 Å². The van der Waals surface area contributed by atoms with E-state index in [9.17, 15) is 0 Å². The summed E-state index contributed by atoms with van der Waals surface area (Å²) in [5, 5.41) is 3.34. The van der Waals surface area contributed by atoms with Gasteiger partial charge in [-0.05, 0) is 37.3 Å². The average Bonchev–Trinajstić information content (AvgIpc) is 3.07. The highest BCUT2D eigenvalue weighted by Gasteiger charge is 2.52. The smallest absolute Gasteiger partial charge is 0.222 e. The zero-order chi connectivity index (χ0) is 18.7. The molecule has 144 valence electrons. The lowest BCUT2D eigenvalue weighted by Crippen LogP contribution is -2.64. The molecule has 1 N–H and O–H groups in total. The molecule has 0 saturated carbocycles. The molecule has 1 aromatic carbocycles. The second-order valence-electron chi connectivity index (χ2n) is 7.66. The molecule has 0 bridgehead atoms. The molecule has 1 atom stereocenters. The van der Waals surface area contributed by atoms with Gasteiger partial charge in [0, 0.05) is 50.7 Å². The highest BCUT2D eigenvalue weighted by Crippen LogP contribution is 2.42. The molecule has 6 nitrogen and oxygen atoms in total. The molecule has 0 aliphatic carbocycles. The predicted octanol–water partition coefficient (Wildman–Crippen LogP) is 2.89. The Hall–Kier alpha value is -2.18. The quantitative estimate of drug-likeness (QED) is 0.811. The number of nitrogens with zero attached hydrogens (tertiary/aromatic N) is 3. The first kappa shape index (κ1) is 18.2. The molecule has 2 aliphatic heterocycles. The molecule has 2 aromatic rings. The van der Waals surface area contributed by atoms with E-state index in [4.69, 9.17) is 9.47 Å². The molecule has 1 unspecified atom stereocenters. The van der Waals surface area contributed by atoms with Crippen LogP contribution in [0.25, 0.3) is 0 Å². The van der Waals surface area contributed by atoms with Gasteiger partial charge in [-0.2, -0.15) is 0 Å². The summed E-state index contributed by atoms with van der Waals surface area (Å²) in [6.45, 7) is 6.65. The Kier molecular flexibility index (Phi) is 5.27. The Bertz CT molecular complexity index is 759. The van der Waals surface area contributed by atoms with Gasteiger partial charge in [0.1, 0.15) is 5.75 Å².